The van der Waals surface area contributed by atoms with Crippen LogP contribution in [0, 0.1) is 12.8 Å². The van der Waals surface area contributed by atoms with Crippen LogP contribution in [-0.2, 0) is 16.6 Å². The van der Waals surface area contributed by atoms with Crippen molar-refractivity contribution in [1.82, 2.24) is 10.0 Å². The van der Waals surface area contributed by atoms with Crippen LogP contribution in [0.25, 0.3) is 0 Å². The second-order valence-corrected chi connectivity index (χ2v) is 9.44. The largest absolute Gasteiger partial charge is 0.309 e. The summed E-state index contributed by atoms with van der Waals surface area (Å²) < 4.78 is 27.8. The van der Waals surface area contributed by atoms with Crippen LogP contribution in [0.1, 0.15) is 49.0 Å². The third-order valence-electron chi connectivity index (χ3n) is 4.17. The van der Waals surface area contributed by atoms with Gasteiger partial charge in [-0.05, 0) is 50.2 Å². The van der Waals surface area contributed by atoms with Gasteiger partial charge in [-0.3, -0.25) is 0 Å². The average molecular weight is 329 g/mol. The number of rotatable bonds is 9. The first kappa shape index (κ1) is 15.5. The van der Waals surface area contributed by atoms with Crippen LogP contribution >= 0.6 is 11.3 Å². The highest BCUT2D eigenvalue weighted by molar-refractivity contribution is 7.91. The second kappa shape index (κ2) is 6.36. The Balaban J connectivity index is 1.53. The Morgan fingerprint density at radius 2 is 2.05 bits per heavy atom. The maximum Gasteiger partial charge on any atom is 0.250 e. The average Bonchev–Trinajstić information content (AvgIpc) is 3.33. The van der Waals surface area contributed by atoms with Crippen molar-refractivity contribution in [1.29, 1.82) is 0 Å². The van der Waals surface area contributed by atoms with Gasteiger partial charge in [0, 0.05) is 24.0 Å². The SMILES string of the molecule is Cc1cc(S(=O)(=O)NCCCC2CC2)sc1CNC1CC1. The summed E-state index contributed by atoms with van der Waals surface area (Å²) in [6.07, 6.45) is 7.26. The predicted molar refractivity (Wildman–Crippen MR) is 86.1 cm³/mol. The van der Waals surface area contributed by atoms with E-state index in [2.05, 4.69) is 10.0 Å². The van der Waals surface area contributed by atoms with Crippen LogP contribution in [-0.4, -0.2) is 21.0 Å². The summed E-state index contributed by atoms with van der Waals surface area (Å²) in [6, 6.07) is 2.45. The molecule has 0 saturated heterocycles. The molecule has 1 heterocycles. The third kappa shape index (κ3) is 4.52. The monoisotopic (exact) mass is 328 g/mol. The lowest BCUT2D eigenvalue weighted by molar-refractivity contribution is 0.574. The van der Waals surface area contributed by atoms with E-state index in [4.69, 9.17) is 0 Å². The summed E-state index contributed by atoms with van der Waals surface area (Å²) >= 11 is 1.40. The molecule has 0 radical (unpaired) electrons. The van der Waals surface area contributed by atoms with E-state index in [0.717, 1.165) is 35.7 Å². The maximum atomic E-state index is 12.3. The summed E-state index contributed by atoms with van der Waals surface area (Å²) in [5.41, 5.74) is 1.08. The minimum Gasteiger partial charge on any atom is -0.309 e. The van der Waals surface area contributed by atoms with Crippen molar-refractivity contribution in [2.24, 2.45) is 5.92 Å². The third-order valence-corrected chi connectivity index (χ3v) is 7.34. The molecule has 2 saturated carbocycles. The molecule has 0 bridgehead atoms. The molecule has 1 aromatic heterocycles. The van der Waals surface area contributed by atoms with Crippen molar-refractivity contribution in [3.05, 3.63) is 16.5 Å². The van der Waals surface area contributed by atoms with E-state index in [1.165, 1.54) is 37.0 Å². The molecule has 0 atom stereocenters. The standard InChI is InChI=1S/C15H24N2O2S2/c1-11-9-15(20-14(11)10-16-13-6-7-13)21(18,19)17-8-2-3-12-4-5-12/h9,12-13,16-17H,2-8,10H2,1H3. The van der Waals surface area contributed by atoms with E-state index >= 15 is 0 Å². The van der Waals surface area contributed by atoms with E-state index < -0.39 is 10.0 Å². The summed E-state index contributed by atoms with van der Waals surface area (Å²) in [7, 11) is -3.32. The molecular weight excluding hydrogens is 304 g/mol. The molecule has 0 spiro atoms. The summed E-state index contributed by atoms with van der Waals surface area (Å²) in [5.74, 6) is 0.860. The molecule has 2 N–H and O–H groups in total. The van der Waals surface area contributed by atoms with Crippen molar-refractivity contribution < 1.29 is 8.42 Å². The lowest BCUT2D eigenvalue weighted by atomic mass is 10.2. The lowest BCUT2D eigenvalue weighted by Gasteiger charge is -2.04. The van der Waals surface area contributed by atoms with Crippen LogP contribution in [0.5, 0.6) is 0 Å². The van der Waals surface area contributed by atoms with E-state index in [0.29, 0.717) is 16.8 Å². The van der Waals surface area contributed by atoms with Crippen molar-refractivity contribution in [2.75, 3.05) is 6.54 Å². The molecule has 0 amide bonds. The Kier molecular flexibility index (Phi) is 4.69. The highest BCUT2D eigenvalue weighted by Crippen LogP contribution is 2.33. The quantitative estimate of drug-likeness (QED) is 0.685. The summed E-state index contributed by atoms with van der Waals surface area (Å²) in [6.45, 7) is 3.34. The number of sulfonamides is 1. The minimum absolute atomic E-state index is 0.457. The highest BCUT2D eigenvalue weighted by Gasteiger charge is 2.23. The topological polar surface area (TPSA) is 58.2 Å². The van der Waals surface area contributed by atoms with Crippen LogP contribution in [0.3, 0.4) is 0 Å². The summed E-state index contributed by atoms with van der Waals surface area (Å²) in [4.78, 5) is 1.14. The van der Waals surface area contributed by atoms with Gasteiger partial charge in [-0.2, -0.15) is 0 Å². The Hall–Kier alpha value is -0.430. The van der Waals surface area contributed by atoms with Gasteiger partial charge in [0.25, 0.3) is 0 Å². The fourth-order valence-electron chi connectivity index (χ4n) is 2.40. The number of nitrogens with one attached hydrogen (secondary N) is 2. The van der Waals surface area contributed by atoms with Gasteiger partial charge in [-0.25, -0.2) is 13.1 Å². The fourth-order valence-corrected chi connectivity index (χ4v) is 5.05. The Morgan fingerprint density at radius 3 is 2.71 bits per heavy atom. The molecule has 2 aliphatic carbocycles. The lowest BCUT2D eigenvalue weighted by Crippen LogP contribution is -2.24. The van der Waals surface area contributed by atoms with Crippen molar-refractivity contribution >= 4 is 21.4 Å². The molecule has 6 heteroatoms. The minimum atomic E-state index is -3.32. The first-order chi connectivity index (χ1) is 10.0. The predicted octanol–water partition coefficient (Wildman–Crippen LogP) is 2.78. The number of hydrogen-bond donors (Lipinski definition) is 2. The van der Waals surface area contributed by atoms with Gasteiger partial charge < -0.3 is 5.32 Å². The second-order valence-electron chi connectivity index (χ2n) is 6.31. The van der Waals surface area contributed by atoms with Crippen LogP contribution in [0.4, 0.5) is 0 Å². The van der Waals surface area contributed by atoms with Crippen LogP contribution in [0.2, 0.25) is 0 Å². The van der Waals surface area contributed by atoms with Crippen molar-refractivity contribution in [3.63, 3.8) is 0 Å². The zero-order valence-corrected chi connectivity index (χ0v) is 14.2. The van der Waals surface area contributed by atoms with Crippen molar-refractivity contribution in [2.45, 2.75) is 62.2 Å². The first-order valence-corrected chi connectivity index (χ1v) is 10.2. The van der Waals surface area contributed by atoms with Gasteiger partial charge in [0.15, 0.2) is 0 Å². The summed E-state index contributed by atoms with van der Waals surface area (Å²) in [5, 5.41) is 3.45. The zero-order valence-electron chi connectivity index (χ0n) is 12.5. The van der Waals surface area contributed by atoms with Crippen molar-refractivity contribution in [3.8, 4) is 0 Å². The Morgan fingerprint density at radius 1 is 1.29 bits per heavy atom. The van der Waals surface area contributed by atoms with Gasteiger partial charge in [-0.15, -0.1) is 11.3 Å². The van der Waals surface area contributed by atoms with Gasteiger partial charge in [0.2, 0.25) is 10.0 Å². The van der Waals surface area contributed by atoms with E-state index in [9.17, 15) is 8.42 Å². The highest BCUT2D eigenvalue weighted by atomic mass is 32.2. The number of aryl methyl sites for hydroxylation is 1. The number of thiophene rings is 1. The molecule has 0 unspecified atom stereocenters. The van der Waals surface area contributed by atoms with Gasteiger partial charge in [0.1, 0.15) is 4.21 Å². The molecule has 2 fully saturated rings. The smallest absolute Gasteiger partial charge is 0.250 e. The van der Waals surface area contributed by atoms with Gasteiger partial charge in [0.05, 0.1) is 0 Å². The Labute approximate surface area is 131 Å². The zero-order chi connectivity index (χ0) is 14.9. The molecule has 118 valence electrons. The maximum absolute atomic E-state index is 12.3. The molecule has 3 rings (SSSR count). The first-order valence-electron chi connectivity index (χ1n) is 7.87. The molecule has 0 aliphatic heterocycles. The molecule has 21 heavy (non-hydrogen) atoms. The van der Waals surface area contributed by atoms with E-state index in [1.807, 2.05) is 6.92 Å². The fraction of sp³-hybridized carbons (Fsp3) is 0.733. The number of hydrogen-bond acceptors (Lipinski definition) is 4. The van der Waals surface area contributed by atoms with Gasteiger partial charge >= 0.3 is 0 Å². The molecule has 2 aliphatic rings. The molecule has 4 nitrogen and oxygen atoms in total. The van der Waals surface area contributed by atoms with E-state index in [1.54, 1.807) is 6.07 Å². The molecule has 1 aromatic rings. The van der Waals surface area contributed by atoms with Crippen LogP contribution < -0.4 is 10.0 Å². The van der Waals surface area contributed by atoms with E-state index in [-0.39, 0.29) is 0 Å². The van der Waals surface area contributed by atoms with Gasteiger partial charge in [-0.1, -0.05) is 12.8 Å². The van der Waals surface area contributed by atoms with Crippen LogP contribution in [0.15, 0.2) is 10.3 Å². The normalized spacial score (nSPS) is 19.1. The molecular formula is C15H24N2O2S2. The molecule has 0 aromatic carbocycles. The Bertz CT molecular complexity index is 587.